The van der Waals surface area contributed by atoms with E-state index in [1.165, 1.54) is 0 Å². The number of hydrogen-bond donors (Lipinski definition) is 2. The molecule has 0 spiro atoms. The lowest BCUT2D eigenvalue weighted by atomic mass is 10.3. The van der Waals surface area contributed by atoms with Crippen LogP contribution in [0.15, 0.2) is 22.5 Å². The number of hydrogen-bond acceptors (Lipinski definition) is 5. The molecule has 1 heterocycles. The minimum absolute atomic E-state index is 0.238. The van der Waals surface area contributed by atoms with Crippen LogP contribution >= 0.6 is 23.1 Å². The Hall–Kier alpha value is -0.780. The van der Waals surface area contributed by atoms with Gasteiger partial charge in [0.1, 0.15) is 0 Å². The predicted octanol–water partition coefficient (Wildman–Crippen LogP) is 2.74. The first-order valence-corrected chi connectivity index (χ1v) is 6.92. The average molecular weight is 254 g/mol. The summed E-state index contributed by atoms with van der Waals surface area (Å²) >= 11 is 3.34. The highest BCUT2D eigenvalue weighted by molar-refractivity contribution is 8.01. The van der Waals surface area contributed by atoms with Crippen molar-refractivity contribution < 1.29 is 5.11 Å². The van der Waals surface area contributed by atoms with Gasteiger partial charge in [-0.1, -0.05) is 11.8 Å². The zero-order valence-corrected chi connectivity index (χ0v) is 10.6. The third-order valence-corrected chi connectivity index (χ3v) is 4.35. The van der Waals surface area contributed by atoms with E-state index >= 15 is 0 Å². The van der Waals surface area contributed by atoms with Crippen LogP contribution in [0.2, 0.25) is 0 Å². The molecule has 1 atom stereocenters. The molecule has 0 aliphatic heterocycles. The summed E-state index contributed by atoms with van der Waals surface area (Å²) in [6, 6.07) is 5.76. The molecule has 3 N–H and O–H groups in total. The van der Waals surface area contributed by atoms with Crippen molar-refractivity contribution in [3.63, 3.8) is 0 Å². The van der Waals surface area contributed by atoms with E-state index in [1.54, 1.807) is 30.0 Å². The number of rotatable bonds is 4. The maximum atomic E-state index is 9.16. The number of benzene rings is 1. The van der Waals surface area contributed by atoms with E-state index in [0.717, 1.165) is 32.4 Å². The van der Waals surface area contributed by atoms with Crippen molar-refractivity contribution in [3.8, 4) is 0 Å². The van der Waals surface area contributed by atoms with Crippen LogP contribution in [0.1, 0.15) is 13.3 Å². The predicted molar refractivity (Wildman–Crippen MR) is 71.1 cm³/mol. The van der Waals surface area contributed by atoms with Gasteiger partial charge in [0.15, 0.2) is 4.34 Å². The van der Waals surface area contributed by atoms with Crippen LogP contribution in [0.4, 0.5) is 5.69 Å². The molecule has 2 aromatic rings. The Kier molecular flexibility index (Phi) is 3.68. The van der Waals surface area contributed by atoms with E-state index in [9.17, 15) is 0 Å². The maximum absolute atomic E-state index is 9.16. The van der Waals surface area contributed by atoms with Crippen molar-refractivity contribution in [1.29, 1.82) is 0 Å². The number of anilines is 1. The second-order valence-corrected chi connectivity index (χ2v) is 6.07. The number of nitrogen functional groups attached to an aromatic ring is 1. The van der Waals surface area contributed by atoms with Gasteiger partial charge >= 0.3 is 0 Å². The summed E-state index contributed by atoms with van der Waals surface area (Å²) < 4.78 is 2.17. The molecule has 86 valence electrons. The number of aromatic nitrogens is 1. The lowest BCUT2D eigenvalue weighted by molar-refractivity contribution is 0.192. The number of aliphatic hydroxyl groups is 1. The molecule has 0 radical (unpaired) electrons. The van der Waals surface area contributed by atoms with Crippen molar-refractivity contribution in [3.05, 3.63) is 18.2 Å². The molecule has 1 aromatic carbocycles. The van der Waals surface area contributed by atoms with Crippen LogP contribution < -0.4 is 5.73 Å². The summed E-state index contributed by atoms with van der Waals surface area (Å²) in [4.78, 5) is 4.49. The van der Waals surface area contributed by atoms with Gasteiger partial charge in [-0.15, -0.1) is 11.3 Å². The number of nitrogens with zero attached hydrogens (tertiary/aromatic N) is 1. The fraction of sp³-hybridized carbons (Fsp3) is 0.364. The summed E-state index contributed by atoms with van der Waals surface area (Å²) in [5.74, 6) is 0.896. The molecule has 5 heteroatoms. The van der Waals surface area contributed by atoms with Gasteiger partial charge in [-0.3, -0.25) is 0 Å². The van der Waals surface area contributed by atoms with E-state index in [1.807, 2.05) is 18.2 Å². The molecule has 0 saturated carbocycles. The van der Waals surface area contributed by atoms with Crippen LogP contribution in [0.25, 0.3) is 10.2 Å². The van der Waals surface area contributed by atoms with Gasteiger partial charge < -0.3 is 10.8 Å². The van der Waals surface area contributed by atoms with Crippen LogP contribution in [0, 0.1) is 0 Å². The van der Waals surface area contributed by atoms with Gasteiger partial charge in [0.2, 0.25) is 0 Å². The monoisotopic (exact) mass is 254 g/mol. The van der Waals surface area contributed by atoms with Crippen molar-refractivity contribution in [1.82, 2.24) is 4.98 Å². The summed E-state index contributed by atoms with van der Waals surface area (Å²) in [5.41, 5.74) is 7.49. The van der Waals surface area contributed by atoms with Crippen LogP contribution in [0.5, 0.6) is 0 Å². The van der Waals surface area contributed by atoms with Gasteiger partial charge in [0.25, 0.3) is 0 Å². The third kappa shape index (κ3) is 2.87. The van der Waals surface area contributed by atoms with E-state index < -0.39 is 0 Å². The third-order valence-electron chi connectivity index (χ3n) is 2.15. The summed E-state index contributed by atoms with van der Waals surface area (Å²) in [5, 5.41) is 9.16. The summed E-state index contributed by atoms with van der Waals surface area (Å²) in [6.07, 6.45) is 0.556. The molecule has 0 saturated heterocycles. The highest BCUT2D eigenvalue weighted by atomic mass is 32.2. The van der Waals surface area contributed by atoms with Gasteiger partial charge in [0.05, 0.1) is 16.3 Å². The van der Waals surface area contributed by atoms with Crippen molar-refractivity contribution in [2.24, 2.45) is 0 Å². The lowest BCUT2D eigenvalue weighted by Gasteiger charge is -2.00. The molecular formula is C11H14N2OS2. The topological polar surface area (TPSA) is 59.1 Å². The summed E-state index contributed by atoms with van der Waals surface area (Å²) in [6.45, 7) is 1.81. The van der Waals surface area contributed by atoms with Gasteiger partial charge in [-0.05, 0) is 31.5 Å². The standard InChI is InChI=1S/C11H14N2OS2/c1-7(14)4-5-15-11-13-9-3-2-8(12)6-10(9)16-11/h2-3,6-7,14H,4-5,12H2,1H3. The van der Waals surface area contributed by atoms with Crippen LogP contribution in [-0.4, -0.2) is 21.9 Å². The molecule has 0 amide bonds. The first-order valence-electron chi connectivity index (χ1n) is 5.12. The Morgan fingerprint density at radius 1 is 1.56 bits per heavy atom. The minimum Gasteiger partial charge on any atom is -0.399 e. The van der Waals surface area contributed by atoms with Crippen molar-refractivity contribution in [2.75, 3.05) is 11.5 Å². The number of aliphatic hydroxyl groups excluding tert-OH is 1. The van der Waals surface area contributed by atoms with Gasteiger partial charge in [-0.25, -0.2) is 4.98 Å². The minimum atomic E-state index is -0.238. The first kappa shape index (κ1) is 11.7. The SMILES string of the molecule is CC(O)CCSc1nc2ccc(N)cc2s1. The Morgan fingerprint density at radius 3 is 3.12 bits per heavy atom. The van der Waals surface area contributed by atoms with Crippen LogP contribution in [0.3, 0.4) is 0 Å². The molecule has 1 unspecified atom stereocenters. The van der Waals surface area contributed by atoms with Crippen molar-refractivity contribution in [2.45, 2.75) is 23.8 Å². The van der Waals surface area contributed by atoms with E-state index in [0.29, 0.717) is 0 Å². The molecule has 0 bridgehead atoms. The Morgan fingerprint density at radius 2 is 2.38 bits per heavy atom. The quantitative estimate of drug-likeness (QED) is 0.650. The normalized spacial score (nSPS) is 13.1. The summed E-state index contributed by atoms with van der Waals surface area (Å²) in [7, 11) is 0. The molecule has 0 aliphatic rings. The van der Waals surface area contributed by atoms with E-state index in [-0.39, 0.29) is 6.10 Å². The maximum Gasteiger partial charge on any atom is 0.151 e. The van der Waals surface area contributed by atoms with E-state index in [4.69, 9.17) is 10.8 Å². The molecule has 16 heavy (non-hydrogen) atoms. The molecule has 0 aliphatic carbocycles. The first-order chi connectivity index (χ1) is 7.65. The molecule has 2 rings (SSSR count). The fourth-order valence-corrected chi connectivity index (χ4v) is 3.60. The van der Waals surface area contributed by atoms with Gasteiger partial charge in [-0.2, -0.15) is 0 Å². The average Bonchev–Trinajstić information content (AvgIpc) is 2.58. The second-order valence-electron chi connectivity index (χ2n) is 3.69. The fourth-order valence-electron chi connectivity index (χ4n) is 1.30. The van der Waals surface area contributed by atoms with Gasteiger partial charge in [0, 0.05) is 11.4 Å². The molecule has 1 aromatic heterocycles. The largest absolute Gasteiger partial charge is 0.399 e. The zero-order valence-electron chi connectivity index (χ0n) is 9.01. The number of thioether (sulfide) groups is 1. The Balaban J connectivity index is 2.08. The Bertz CT molecular complexity index is 482. The Labute approximate surface area is 103 Å². The highest BCUT2D eigenvalue weighted by Crippen LogP contribution is 2.30. The van der Waals surface area contributed by atoms with Crippen LogP contribution in [-0.2, 0) is 0 Å². The highest BCUT2D eigenvalue weighted by Gasteiger charge is 2.05. The zero-order chi connectivity index (χ0) is 11.5. The molecular weight excluding hydrogens is 240 g/mol. The number of thiazole rings is 1. The second kappa shape index (κ2) is 5.03. The van der Waals surface area contributed by atoms with E-state index in [2.05, 4.69) is 4.98 Å². The number of nitrogens with two attached hydrogens (primary N) is 1. The lowest BCUT2D eigenvalue weighted by Crippen LogP contribution is -1.99. The smallest absolute Gasteiger partial charge is 0.151 e. The number of fused-ring (bicyclic) bond motifs is 1. The molecule has 0 fully saturated rings. The molecule has 3 nitrogen and oxygen atoms in total. The van der Waals surface area contributed by atoms with Crippen molar-refractivity contribution >= 4 is 39.0 Å².